The number of hydrogen-bond acceptors (Lipinski definition) is 6. The zero-order chi connectivity index (χ0) is 24.6. The topological polar surface area (TPSA) is 110 Å². The Bertz CT molecular complexity index is 1230. The van der Waals surface area contributed by atoms with Gasteiger partial charge in [-0.15, -0.1) is 0 Å². The number of aryl methyl sites for hydroxylation is 2. The van der Waals surface area contributed by atoms with E-state index in [1.54, 1.807) is 56.5 Å². The molecular weight excluding hydrogens is 464 g/mol. The number of benzene rings is 1. The van der Waals surface area contributed by atoms with Crippen molar-refractivity contribution in [2.45, 2.75) is 55.6 Å². The molecule has 0 radical (unpaired) electrons. The van der Waals surface area contributed by atoms with Gasteiger partial charge in [-0.2, -0.15) is 9.40 Å². The first-order valence-corrected chi connectivity index (χ1v) is 13.9. The van der Waals surface area contributed by atoms with Crippen LogP contribution >= 0.6 is 0 Å². The third kappa shape index (κ3) is 5.15. The van der Waals surface area contributed by atoms with Gasteiger partial charge in [-0.1, -0.05) is 12.1 Å². The van der Waals surface area contributed by atoms with E-state index in [1.807, 2.05) is 0 Å². The molecule has 1 aromatic heterocycles. The second-order valence-corrected chi connectivity index (χ2v) is 13.1. The van der Waals surface area contributed by atoms with Crippen LogP contribution in [-0.4, -0.2) is 73.2 Å². The van der Waals surface area contributed by atoms with Gasteiger partial charge in [-0.05, 0) is 51.8 Å². The molecule has 1 saturated heterocycles. The van der Waals surface area contributed by atoms with Crippen LogP contribution in [0.5, 0.6) is 0 Å². The standard InChI is InChI=1S/C22H32N4O5S2/c1-16(2)32(28,29)20-9-7-19(8-10-20)15-21(27)25-11-6-12-26(14-13-25)33(30,31)22-17(3)23-24(5)18(22)4/h7-10,16H,6,11-15H2,1-5H3. The molecule has 0 atom stereocenters. The van der Waals surface area contributed by atoms with E-state index in [1.165, 1.54) is 16.4 Å². The Kier molecular flexibility index (Phi) is 7.35. The molecule has 1 aliphatic rings. The second kappa shape index (κ2) is 9.55. The van der Waals surface area contributed by atoms with Gasteiger partial charge in [-0.3, -0.25) is 9.48 Å². The highest BCUT2D eigenvalue weighted by molar-refractivity contribution is 7.92. The van der Waals surface area contributed by atoms with Crippen molar-refractivity contribution < 1.29 is 21.6 Å². The predicted molar refractivity (Wildman–Crippen MR) is 125 cm³/mol. The number of rotatable bonds is 6. The van der Waals surface area contributed by atoms with Crippen LogP contribution in [0, 0.1) is 13.8 Å². The Balaban J connectivity index is 1.68. The Morgan fingerprint density at radius 1 is 1.00 bits per heavy atom. The van der Waals surface area contributed by atoms with Crippen molar-refractivity contribution in [3.8, 4) is 0 Å². The molecule has 2 heterocycles. The van der Waals surface area contributed by atoms with E-state index in [-0.39, 0.29) is 28.7 Å². The summed E-state index contributed by atoms with van der Waals surface area (Å²) in [6.45, 7) is 8.00. The summed E-state index contributed by atoms with van der Waals surface area (Å²) in [5.74, 6) is -0.109. The smallest absolute Gasteiger partial charge is 0.246 e. The number of amides is 1. The maximum Gasteiger partial charge on any atom is 0.246 e. The van der Waals surface area contributed by atoms with E-state index >= 15 is 0 Å². The fourth-order valence-corrected chi connectivity index (χ4v) is 6.92. The summed E-state index contributed by atoms with van der Waals surface area (Å²) in [6, 6.07) is 6.39. The van der Waals surface area contributed by atoms with E-state index in [2.05, 4.69) is 5.10 Å². The van der Waals surface area contributed by atoms with Crippen molar-refractivity contribution in [3.05, 3.63) is 41.2 Å². The molecule has 1 aliphatic heterocycles. The number of sulfone groups is 1. The largest absolute Gasteiger partial charge is 0.341 e. The van der Waals surface area contributed by atoms with E-state index < -0.39 is 25.1 Å². The molecule has 182 valence electrons. The van der Waals surface area contributed by atoms with E-state index in [9.17, 15) is 21.6 Å². The van der Waals surface area contributed by atoms with Gasteiger partial charge in [-0.25, -0.2) is 16.8 Å². The highest BCUT2D eigenvalue weighted by Crippen LogP contribution is 2.24. The summed E-state index contributed by atoms with van der Waals surface area (Å²) in [4.78, 5) is 15.0. The number of carbonyl (C=O) groups excluding carboxylic acids is 1. The van der Waals surface area contributed by atoms with E-state index in [0.29, 0.717) is 37.4 Å². The first-order valence-electron chi connectivity index (χ1n) is 11.0. The lowest BCUT2D eigenvalue weighted by atomic mass is 10.1. The van der Waals surface area contributed by atoms with Crippen molar-refractivity contribution in [1.82, 2.24) is 19.0 Å². The molecule has 1 aromatic carbocycles. The van der Waals surface area contributed by atoms with Crippen LogP contribution in [0.25, 0.3) is 0 Å². The number of hydrogen-bond donors (Lipinski definition) is 0. The van der Waals surface area contributed by atoms with Crippen molar-refractivity contribution in [3.63, 3.8) is 0 Å². The van der Waals surface area contributed by atoms with E-state index in [4.69, 9.17) is 0 Å². The summed E-state index contributed by atoms with van der Waals surface area (Å²) in [7, 11) is -5.35. The molecule has 9 nitrogen and oxygen atoms in total. The molecular formula is C22H32N4O5S2. The Morgan fingerprint density at radius 3 is 2.18 bits per heavy atom. The van der Waals surface area contributed by atoms with Gasteiger partial charge in [0.2, 0.25) is 15.9 Å². The first-order chi connectivity index (χ1) is 15.4. The average Bonchev–Trinajstić information content (AvgIpc) is 2.91. The van der Waals surface area contributed by atoms with Crippen LogP contribution in [0.3, 0.4) is 0 Å². The SMILES string of the molecule is Cc1nn(C)c(C)c1S(=O)(=O)N1CCCN(C(=O)Cc2ccc(S(=O)(=O)C(C)C)cc2)CC1. The van der Waals surface area contributed by atoms with Gasteiger partial charge in [0, 0.05) is 33.2 Å². The van der Waals surface area contributed by atoms with E-state index in [0.717, 1.165) is 5.56 Å². The first kappa shape index (κ1) is 25.4. The van der Waals surface area contributed by atoms with Crippen LogP contribution < -0.4 is 0 Å². The maximum atomic E-state index is 13.2. The van der Waals surface area contributed by atoms with Crippen LogP contribution in [0.4, 0.5) is 0 Å². The molecule has 33 heavy (non-hydrogen) atoms. The molecule has 1 fully saturated rings. The van der Waals surface area contributed by atoms with Crippen molar-refractivity contribution in [1.29, 1.82) is 0 Å². The molecule has 0 bridgehead atoms. The summed E-state index contributed by atoms with van der Waals surface area (Å²) >= 11 is 0. The summed E-state index contributed by atoms with van der Waals surface area (Å²) < 4.78 is 54.0. The van der Waals surface area contributed by atoms with Crippen LogP contribution in [0.2, 0.25) is 0 Å². The summed E-state index contributed by atoms with van der Waals surface area (Å²) in [5, 5.41) is 3.71. The van der Waals surface area contributed by atoms with Crippen LogP contribution in [-0.2, 0) is 38.1 Å². The number of nitrogens with zero attached hydrogens (tertiary/aromatic N) is 4. The quantitative estimate of drug-likeness (QED) is 0.602. The van der Waals surface area contributed by atoms with Gasteiger partial charge < -0.3 is 4.90 Å². The highest BCUT2D eigenvalue weighted by atomic mass is 32.2. The minimum atomic E-state index is -3.70. The zero-order valence-electron chi connectivity index (χ0n) is 19.8. The van der Waals surface area contributed by atoms with Crippen molar-refractivity contribution >= 4 is 25.8 Å². The number of aromatic nitrogens is 2. The Hall–Kier alpha value is -2.24. The molecule has 3 rings (SSSR count). The van der Waals surface area contributed by atoms with Gasteiger partial charge >= 0.3 is 0 Å². The minimum Gasteiger partial charge on any atom is -0.341 e. The lowest BCUT2D eigenvalue weighted by Gasteiger charge is -2.22. The molecule has 0 N–H and O–H groups in total. The van der Waals surface area contributed by atoms with Crippen LogP contribution in [0.15, 0.2) is 34.1 Å². The molecule has 0 saturated carbocycles. The molecule has 0 spiro atoms. The number of sulfonamides is 1. The third-order valence-corrected chi connectivity index (χ3v) is 10.4. The van der Waals surface area contributed by atoms with Gasteiger partial charge in [0.1, 0.15) is 4.90 Å². The molecule has 0 aliphatic carbocycles. The van der Waals surface area contributed by atoms with Crippen molar-refractivity contribution in [2.24, 2.45) is 7.05 Å². The fraction of sp³-hybridized carbons (Fsp3) is 0.545. The number of carbonyl (C=O) groups is 1. The zero-order valence-corrected chi connectivity index (χ0v) is 21.4. The Labute approximate surface area is 196 Å². The average molecular weight is 497 g/mol. The van der Waals surface area contributed by atoms with Gasteiger partial charge in [0.15, 0.2) is 9.84 Å². The molecule has 0 unspecified atom stereocenters. The predicted octanol–water partition coefficient (Wildman–Crippen LogP) is 1.68. The molecule has 11 heteroatoms. The maximum absolute atomic E-state index is 13.2. The monoisotopic (exact) mass is 496 g/mol. The lowest BCUT2D eigenvalue weighted by Crippen LogP contribution is -2.38. The summed E-state index contributed by atoms with van der Waals surface area (Å²) in [5.41, 5.74) is 1.78. The van der Waals surface area contributed by atoms with Crippen molar-refractivity contribution in [2.75, 3.05) is 26.2 Å². The van der Waals surface area contributed by atoms with Gasteiger partial charge in [0.25, 0.3) is 0 Å². The lowest BCUT2D eigenvalue weighted by molar-refractivity contribution is -0.130. The highest BCUT2D eigenvalue weighted by Gasteiger charge is 2.32. The van der Waals surface area contributed by atoms with Gasteiger partial charge in [0.05, 0.1) is 28.0 Å². The summed E-state index contributed by atoms with van der Waals surface area (Å²) in [6.07, 6.45) is 0.671. The Morgan fingerprint density at radius 2 is 1.64 bits per heavy atom. The molecule has 2 aromatic rings. The fourth-order valence-electron chi connectivity index (χ4n) is 4.00. The van der Waals surface area contributed by atoms with Crippen LogP contribution in [0.1, 0.15) is 37.2 Å². The second-order valence-electron chi connectivity index (χ2n) is 8.68. The minimum absolute atomic E-state index is 0.109. The normalized spacial score (nSPS) is 16.2. The molecule has 1 amide bonds. The third-order valence-electron chi connectivity index (χ3n) is 6.08.